The van der Waals surface area contributed by atoms with E-state index >= 15 is 0 Å². The second-order valence-corrected chi connectivity index (χ2v) is 7.16. The molecule has 0 atom stereocenters. The van der Waals surface area contributed by atoms with Crippen molar-refractivity contribution in [1.82, 2.24) is 10.3 Å². The van der Waals surface area contributed by atoms with Gasteiger partial charge in [-0.3, -0.25) is 4.79 Å². The van der Waals surface area contributed by atoms with Gasteiger partial charge < -0.3 is 10.6 Å². The first-order chi connectivity index (χ1) is 9.08. The van der Waals surface area contributed by atoms with Gasteiger partial charge in [-0.25, -0.2) is 4.98 Å². The topological polar surface area (TPSA) is 54.0 Å². The summed E-state index contributed by atoms with van der Waals surface area (Å²) in [6.07, 6.45) is 2.33. The number of aromatic nitrogens is 1. The molecule has 0 aliphatic heterocycles. The van der Waals surface area contributed by atoms with Crippen LogP contribution in [-0.2, 0) is 10.2 Å². The second-order valence-electron chi connectivity index (χ2n) is 7.16. The second kappa shape index (κ2) is 6.25. The van der Waals surface area contributed by atoms with Gasteiger partial charge in [0.1, 0.15) is 5.82 Å². The van der Waals surface area contributed by atoms with Gasteiger partial charge in [0.05, 0.1) is 0 Å². The van der Waals surface area contributed by atoms with E-state index in [-0.39, 0.29) is 16.9 Å². The Kier molecular flexibility index (Phi) is 5.15. The van der Waals surface area contributed by atoms with Crippen LogP contribution >= 0.6 is 0 Å². The third kappa shape index (κ3) is 6.04. The number of carbonyl (C=O) groups is 1. The molecular formula is C16H27N3O. The molecule has 0 saturated carbocycles. The Morgan fingerprint density at radius 3 is 2.25 bits per heavy atom. The molecule has 0 aliphatic rings. The largest absolute Gasteiger partial charge is 0.370 e. The van der Waals surface area contributed by atoms with Crippen molar-refractivity contribution in [3.05, 3.63) is 23.9 Å². The summed E-state index contributed by atoms with van der Waals surface area (Å²) in [6.45, 7) is 13.0. The van der Waals surface area contributed by atoms with Gasteiger partial charge in [-0.15, -0.1) is 0 Å². The number of nitrogens with zero attached hydrogens (tertiary/aromatic N) is 1. The predicted octanol–water partition coefficient (Wildman–Crippen LogP) is 3.10. The Morgan fingerprint density at radius 2 is 1.80 bits per heavy atom. The highest BCUT2D eigenvalue weighted by molar-refractivity contribution is 5.77. The highest BCUT2D eigenvalue weighted by Crippen LogP contribution is 2.21. The molecule has 2 N–H and O–H groups in total. The Hall–Kier alpha value is -1.58. The average Bonchev–Trinajstić information content (AvgIpc) is 2.26. The minimum Gasteiger partial charge on any atom is -0.370 e. The molecule has 1 heterocycles. The Bertz CT molecular complexity index is 438. The van der Waals surface area contributed by atoms with Gasteiger partial charge in [0.15, 0.2) is 0 Å². The fourth-order valence-corrected chi connectivity index (χ4v) is 1.73. The van der Waals surface area contributed by atoms with Gasteiger partial charge in [-0.2, -0.15) is 0 Å². The van der Waals surface area contributed by atoms with Gasteiger partial charge in [0, 0.05) is 24.7 Å². The van der Waals surface area contributed by atoms with Crippen molar-refractivity contribution < 1.29 is 4.79 Å². The molecule has 0 aliphatic carbocycles. The molecular weight excluding hydrogens is 250 g/mol. The standard InChI is InChI=1S/C16H27N3O/c1-15(2,3)12-7-8-13(18-11-12)17-10-9-14(20)19-16(4,5)6/h7-8,11H,9-10H2,1-6H3,(H,17,18)(H,19,20). The molecule has 20 heavy (non-hydrogen) atoms. The van der Waals surface area contributed by atoms with E-state index < -0.39 is 0 Å². The molecule has 0 unspecified atom stereocenters. The quantitative estimate of drug-likeness (QED) is 0.889. The lowest BCUT2D eigenvalue weighted by atomic mass is 9.88. The maximum Gasteiger partial charge on any atom is 0.222 e. The minimum atomic E-state index is -0.177. The molecule has 1 aromatic rings. The number of anilines is 1. The first-order valence-corrected chi connectivity index (χ1v) is 7.09. The van der Waals surface area contributed by atoms with Crippen LogP contribution in [0.4, 0.5) is 5.82 Å². The Labute approximate surface area is 122 Å². The van der Waals surface area contributed by atoms with Crippen molar-refractivity contribution in [3.63, 3.8) is 0 Å². The number of hydrogen-bond donors (Lipinski definition) is 2. The van der Waals surface area contributed by atoms with Crippen LogP contribution in [0.25, 0.3) is 0 Å². The predicted molar refractivity (Wildman–Crippen MR) is 83.9 cm³/mol. The molecule has 4 nitrogen and oxygen atoms in total. The van der Waals surface area contributed by atoms with Gasteiger partial charge >= 0.3 is 0 Å². The first-order valence-electron chi connectivity index (χ1n) is 7.09. The number of hydrogen-bond acceptors (Lipinski definition) is 3. The van der Waals surface area contributed by atoms with Gasteiger partial charge in [-0.05, 0) is 37.8 Å². The van der Waals surface area contributed by atoms with E-state index in [0.717, 1.165) is 5.82 Å². The summed E-state index contributed by atoms with van der Waals surface area (Å²) in [6, 6.07) is 4.03. The van der Waals surface area contributed by atoms with E-state index in [1.54, 1.807) is 0 Å². The molecule has 4 heteroatoms. The number of amides is 1. The number of pyridine rings is 1. The zero-order valence-electron chi connectivity index (χ0n) is 13.5. The fraction of sp³-hybridized carbons (Fsp3) is 0.625. The summed E-state index contributed by atoms with van der Waals surface area (Å²) in [7, 11) is 0. The van der Waals surface area contributed by atoms with Crippen LogP contribution in [0.15, 0.2) is 18.3 Å². The van der Waals surface area contributed by atoms with Gasteiger partial charge in [0.25, 0.3) is 0 Å². The van der Waals surface area contributed by atoms with E-state index in [2.05, 4.69) is 42.5 Å². The van der Waals surface area contributed by atoms with Gasteiger partial charge in [-0.1, -0.05) is 26.8 Å². The summed E-state index contributed by atoms with van der Waals surface area (Å²) in [5, 5.41) is 6.10. The molecule has 112 valence electrons. The van der Waals surface area contributed by atoms with Crippen LogP contribution in [0, 0.1) is 0 Å². The van der Waals surface area contributed by atoms with Crippen molar-refractivity contribution in [1.29, 1.82) is 0 Å². The molecule has 1 amide bonds. The fourth-order valence-electron chi connectivity index (χ4n) is 1.73. The van der Waals surface area contributed by atoms with Crippen LogP contribution in [0.5, 0.6) is 0 Å². The summed E-state index contributed by atoms with van der Waals surface area (Å²) < 4.78 is 0. The van der Waals surface area contributed by atoms with E-state index in [0.29, 0.717) is 13.0 Å². The summed E-state index contributed by atoms with van der Waals surface area (Å²) >= 11 is 0. The van der Waals surface area contributed by atoms with Crippen molar-refractivity contribution >= 4 is 11.7 Å². The van der Waals surface area contributed by atoms with Crippen LogP contribution in [-0.4, -0.2) is 23.0 Å². The van der Waals surface area contributed by atoms with Gasteiger partial charge in [0.2, 0.25) is 5.91 Å². The maximum absolute atomic E-state index is 11.7. The van der Waals surface area contributed by atoms with Crippen LogP contribution in [0.2, 0.25) is 0 Å². The van der Waals surface area contributed by atoms with E-state index in [4.69, 9.17) is 0 Å². The molecule has 1 rings (SSSR count). The summed E-state index contributed by atoms with van der Waals surface area (Å²) in [5.41, 5.74) is 1.13. The highest BCUT2D eigenvalue weighted by atomic mass is 16.1. The van der Waals surface area contributed by atoms with Crippen LogP contribution in [0.1, 0.15) is 53.5 Å². The van der Waals surface area contributed by atoms with Crippen molar-refractivity contribution in [2.24, 2.45) is 0 Å². The highest BCUT2D eigenvalue weighted by Gasteiger charge is 2.14. The maximum atomic E-state index is 11.7. The molecule has 0 fully saturated rings. The smallest absolute Gasteiger partial charge is 0.222 e. The van der Waals surface area contributed by atoms with E-state index in [1.807, 2.05) is 33.0 Å². The SMILES string of the molecule is CC(C)(C)NC(=O)CCNc1ccc(C(C)(C)C)cn1. The molecule has 0 aromatic carbocycles. The number of nitrogens with one attached hydrogen (secondary N) is 2. The number of carbonyl (C=O) groups excluding carboxylic acids is 1. The van der Waals surface area contributed by atoms with Crippen molar-refractivity contribution in [2.75, 3.05) is 11.9 Å². The Balaban J connectivity index is 2.42. The third-order valence-corrected chi connectivity index (χ3v) is 2.80. The molecule has 1 aromatic heterocycles. The number of rotatable bonds is 4. The van der Waals surface area contributed by atoms with E-state index in [9.17, 15) is 4.79 Å². The average molecular weight is 277 g/mol. The van der Waals surface area contributed by atoms with Crippen LogP contribution in [0.3, 0.4) is 0 Å². The lowest BCUT2D eigenvalue weighted by Crippen LogP contribution is -2.41. The van der Waals surface area contributed by atoms with Crippen LogP contribution < -0.4 is 10.6 Å². The normalized spacial score (nSPS) is 12.1. The van der Waals surface area contributed by atoms with Crippen molar-refractivity contribution in [2.45, 2.75) is 58.9 Å². The lowest BCUT2D eigenvalue weighted by Gasteiger charge is -2.20. The lowest BCUT2D eigenvalue weighted by molar-refractivity contribution is -0.122. The minimum absolute atomic E-state index is 0.0521. The molecule has 0 spiro atoms. The molecule has 0 bridgehead atoms. The zero-order valence-corrected chi connectivity index (χ0v) is 13.5. The first kappa shape index (κ1) is 16.5. The molecule has 0 saturated heterocycles. The summed E-state index contributed by atoms with van der Waals surface area (Å²) in [5.74, 6) is 0.859. The van der Waals surface area contributed by atoms with E-state index in [1.165, 1.54) is 5.56 Å². The third-order valence-electron chi connectivity index (χ3n) is 2.80. The summed E-state index contributed by atoms with van der Waals surface area (Å²) in [4.78, 5) is 16.0. The molecule has 0 radical (unpaired) electrons. The van der Waals surface area contributed by atoms with Crippen molar-refractivity contribution in [3.8, 4) is 0 Å². The Morgan fingerprint density at radius 1 is 1.15 bits per heavy atom. The zero-order chi connectivity index (χ0) is 15.4. The monoisotopic (exact) mass is 277 g/mol.